The van der Waals surface area contributed by atoms with Gasteiger partial charge in [0.1, 0.15) is 5.69 Å². The van der Waals surface area contributed by atoms with E-state index in [0.717, 1.165) is 0 Å². The smallest absolute Gasteiger partial charge is 0.296 e. The molecule has 1 heterocycles. The second-order valence-electron chi connectivity index (χ2n) is 5.20. The van der Waals surface area contributed by atoms with Crippen molar-refractivity contribution in [3.8, 4) is 5.75 Å². The van der Waals surface area contributed by atoms with Crippen molar-refractivity contribution in [3.63, 3.8) is 0 Å². The molecule has 0 saturated heterocycles. The molecule has 2 N–H and O–H groups in total. The minimum absolute atomic E-state index is 0.00554. The summed E-state index contributed by atoms with van der Waals surface area (Å²) in [6.45, 7) is -0.210. The van der Waals surface area contributed by atoms with Crippen molar-refractivity contribution in [2.45, 2.75) is 6.54 Å². The van der Waals surface area contributed by atoms with E-state index in [1.165, 1.54) is 24.3 Å². The normalized spacial score (nSPS) is 12.6. The summed E-state index contributed by atoms with van der Waals surface area (Å²) in [5.74, 6) is -0.173. The zero-order valence-corrected chi connectivity index (χ0v) is 12.7. The third-order valence-electron chi connectivity index (χ3n) is 3.59. The van der Waals surface area contributed by atoms with Crippen molar-refractivity contribution in [1.82, 2.24) is 0 Å². The monoisotopic (exact) mass is 344 g/mol. The van der Waals surface area contributed by atoms with Crippen LogP contribution in [-0.2, 0) is 11.3 Å². The molecule has 3 rings (SSSR count). The lowest BCUT2D eigenvalue weighted by Crippen LogP contribution is -2.25. The highest BCUT2D eigenvalue weighted by molar-refractivity contribution is 5.96. The van der Waals surface area contributed by atoms with Crippen LogP contribution in [-0.4, -0.2) is 22.4 Å². The first-order chi connectivity index (χ1) is 12.0. The minimum atomic E-state index is -0.595. The van der Waals surface area contributed by atoms with Crippen LogP contribution in [0.4, 0.5) is 22.7 Å². The van der Waals surface area contributed by atoms with Crippen molar-refractivity contribution >= 4 is 28.7 Å². The third kappa shape index (κ3) is 3.32. The first-order valence-electron chi connectivity index (χ1n) is 7.17. The maximum absolute atomic E-state index is 11.4. The Hall–Kier alpha value is -3.69. The number of amides is 1. The fourth-order valence-electron chi connectivity index (χ4n) is 2.44. The minimum Gasteiger partial charge on any atom is -0.481 e. The molecule has 10 heteroatoms. The Balaban J connectivity index is 1.92. The summed E-state index contributed by atoms with van der Waals surface area (Å²) in [4.78, 5) is 32.6. The van der Waals surface area contributed by atoms with E-state index in [0.29, 0.717) is 11.3 Å². The van der Waals surface area contributed by atoms with Crippen molar-refractivity contribution < 1.29 is 19.4 Å². The fourth-order valence-corrected chi connectivity index (χ4v) is 2.44. The average molecular weight is 344 g/mol. The molecule has 0 unspecified atom stereocenters. The summed E-state index contributed by atoms with van der Waals surface area (Å²) in [5.41, 5.74) is 0.445. The van der Waals surface area contributed by atoms with Gasteiger partial charge in [-0.3, -0.25) is 25.0 Å². The van der Waals surface area contributed by atoms with Crippen LogP contribution in [0.5, 0.6) is 5.75 Å². The summed E-state index contributed by atoms with van der Waals surface area (Å²) in [5, 5.41) is 27.7. The number of hydrogen-bond donors (Lipinski definition) is 2. The number of anilines is 2. The number of nitrogens with one attached hydrogen (secondary N) is 2. The molecule has 25 heavy (non-hydrogen) atoms. The van der Waals surface area contributed by atoms with E-state index in [1.807, 2.05) is 0 Å². The predicted molar refractivity (Wildman–Crippen MR) is 87.6 cm³/mol. The molecule has 0 atom stereocenters. The molecular formula is C15H12N4O6. The molecule has 0 saturated carbocycles. The van der Waals surface area contributed by atoms with Crippen LogP contribution in [0.1, 0.15) is 5.56 Å². The van der Waals surface area contributed by atoms with Crippen LogP contribution in [0.15, 0.2) is 36.4 Å². The van der Waals surface area contributed by atoms with Crippen LogP contribution in [0.2, 0.25) is 0 Å². The second kappa shape index (κ2) is 6.43. The summed E-state index contributed by atoms with van der Waals surface area (Å²) in [6, 6.07) is 8.66. The molecule has 1 aliphatic heterocycles. The van der Waals surface area contributed by atoms with Crippen LogP contribution in [0.3, 0.4) is 0 Å². The average Bonchev–Trinajstić information content (AvgIpc) is 2.59. The molecule has 0 aromatic heterocycles. The number of hydrogen-bond acceptors (Lipinski definition) is 7. The number of para-hydroxylation sites is 1. The predicted octanol–water partition coefficient (Wildman–Crippen LogP) is 2.45. The lowest BCUT2D eigenvalue weighted by atomic mass is 10.1. The first-order valence-corrected chi connectivity index (χ1v) is 7.17. The largest absolute Gasteiger partial charge is 0.481 e. The number of rotatable bonds is 5. The Labute approximate surface area is 140 Å². The number of fused-ring (bicyclic) bond motifs is 1. The molecule has 2 aromatic carbocycles. The maximum Gasteiger partial charge on any atom is 0.296 e. The van der Waals surface area contributed by atoms with E-state index in [-0.39, 0.29) is 41.9 Å². The van der Waals surface area contributed by atoms with E-state index < -0.39 is 9.85 Å². The van der Waals surface area contributed by atoms with Crippen LogP contribution >= 0.6 is 0 Å². The van der Waals surface area contributed by atoms with E-state index >= 15 is 0 Å². The highest BCUT2D eigenvalue weighted by Gasteiger charge is 2.24. The SMILES string of the molecule is O=C1COc2cc([N+](=O)[O-])c(NCc3ccccc3[N+](=O)[O-])cc2N1. The van der Waals surface area contributed by atoms with Gasteiger partial charge in [0.2, 0.25) is 0 Å². The Bertz CT molecular complexity index is 882. The van der Waals surface area contributed by atoms with Crippen molar-refractivity contribution in [3.05, 3.63) is 62.2 Å². The van der Waals surface area contributed by atoms with Gasteiger partial charge >= 0.3 is 0 Å². The number of benzene rings is 2. The van der Waals surface area contributed by atoms with Gasteiger partial charge in [-0.2, -0.15) is 0 Å². The Morgan fingerprint density at radius 3 is 2.56 bits per heavy atom. The van der Waals surface area contributed by atoms with Crippen LogP contribution in [0.25, 0.3) is 0 Å². The lowest BCUT2D eigenvalue weighted by molar-refractivity contribution is -0.385. The number of nitro benzene ring substituents is 2. The van der Waals surface area contributed by atoms with Crippen LogP contribution in [0, 0.1) is 20.2 Å². The third-order valence-corrected chi connectivity index (χ3v) is 3.59. The number of nitro groups is 2. The summed E-state index contributed by atoms with van der Waals surface area (Å²) >= 11 is 0. The van der Waals surface area contributed by atoms with Gasteiger partial charge in [0, 0.05) is 18.2 Å². The van der Waals surface area contributed by atoms with Gasteiger partial charge in [-0.1, -0.05) is 18.2 Å². The van der Waals surface area contributed by atoms with Gasteiger partial charge in [0.05, 0.1) is 21.6 Å². The number of nitrogens with zero attached hydrogens (tertiary/aromatic N) is 2. The zero-order valence-electron chi connectivity index (χ0n) is 12.7. The molecule has 128 valence electrons. The Kier molecular flexibility index (Phi) is 4.16. The molecule has 0 bridgehead atoms. The molecule has 1 amide bonds. The fraction of sp³-hybridized carbons (Fsp3) is 0.133. The van der Waals surface area contributed by atoms with Crippen molar-refractivity contribution in [2.24, 2.45) is 0 Å². The molecule has 0 aliphatic carbocycles. The zero-order chi connectivity index (χ0) is 18.0. The van der Waals surface area contributed by atoms with Gasteiger partial charge < -0.3 is 15.4 Å². The van der Waals surface area contributed by atoms with Gasteiger partial charge in [-0.15, -0.1) is 0 Å². The van der Waals surface area contributed by atoms with E-state index in [1.54, 1.807) is 12.1 Å². The molecule has 1 aliphatic rings. The maximum atomic E-state index is 11.4. The standard InChI is InChI=1S/C15H12N4O6/c20-15-8-25-14-6-13(19(23)24)10(5-11(14)17-15)16-7-9-3-1-2-4-12(9)18(21)22/h1-6,16H,7-8H2,(H,17,20). The molecular weight excluding hydrogens is 332 g/mol. The quantitative estimate of drug-likeness (QED) is 0.627. The lowest BCUT2D eigenvalue weighted by Gasteiger charge is -2.19. The molecule has 0 radical (unpaired) electrons. The van der Waals surface area contributed by atoms with Gasteiger partial charge in [0.15, 0.2) is 12.4 Å². The van der Waals surface area contributed by atoms with Gasteiger partial charge in [-0.05, 0) is 6.07 Å². The molecule has 10 nitrogen and oxygen atoms in total. The Morgan fingerprint density at radius 1 is 1.12 bits per heavy atom. The number of ether oxygens (including phenoxy) is 1. The Morgan fingerprint density at radius 2 is 1.84 bits per heavy atom. The van der Waals surface area contributed by atoms with Crippen molar-refractivity contribution in [1.29, 1.82) is 0 Å². The number of carbonyl (C=O) groups excluding carboxylic acids is 1. The van der Waals surface area contributed by atoms with Crippen LogP contribution < -0.4 is 15.4 Å². The molecule has 0 fully saturated rings. The highest BCUT2D eigenvalue weighted by Crippen LogP contribution is 2.38. The summed E-state index contributed by atoms with van der Waals surface area (Å²) < 4.78 is 5.16. The molecule has 2 aromatic rings. The van der Waals surface area contributed by atoms with E-state index in [4.69, 9.17) is 4.74 Å². The summed E-state index contributed by atoms with van der Waals surface area (Å²) in [6.07, 6.45) is 0. The number of carbonyl (C=O) groups is 1. The second-order valence-corrected chi connectivity index (χ2v) is 5.20. The highest BCUT2D eigenvalue weighted by atomic mass is 16.6. The van der Waals surface area contributed by atoms with E-state index in [9.17, 15) is 25.0 Å². The van der Waals surface area contributed by atoms with Gasteiger partial charge in [-0.25, -0.2) is 0 Å². The first kappa shape index (κ1) is 16.2. The molecule has 0 spiro atoms. The van der Waals surface area contributed by atoms with E-state index in [2.05, 4.69) is 10.6 Å². The van der Waals surface area contributed by atoms with Crippen molar-refractivity contribution in [2.75, 3.05) is 17.2 Å². The topological polar surface area (TPSA) is 137 Å². The van der Waals surface area contributed by atoms with Gasteiger partial charge in [0.25, 0.3) is 17.3 Å². The summed E-state index contributed by atoms with van der Waals surface area (Å²) in [7, 11) is 0.